The van der Waals surface area contributed by atoms with Crippen molar-refractivity contribution in [1.29, 1.82) is 0 Å². The number of aryl methyl sites for hydroxylation is 1. The van der Waals surface area contributed by atoms with Crippen molar-refractivity contribution in [1.82, 2.24) is 9.88 Å². The number of nitrogens with two attached hydrogens (primary N) is 1. The van der Waals surface area contributed by atoms with Gasteiger partial charge in [0.2, 0.25) is 5.91 Å². The number of amides is 1. The molecule has 2 N–H and O–H groups in total. The number of nitrogens with zero attached hydrogens (tertiary/aromatic N) is 3. The van der Waals surface area contributed by atoms with Crippen LogP contribution >= 0.6 is 36.2 Å². The molecule has 2 aromatic rings. The van der Waals surface area contributed by atoms with Crippen LogP contribution in [0.4, 0.5) is 5.13 Å². The SMILES string of the molecule is Cc1csc(N2CCC(C(=O)N3C[C@@H](CN)[C@H](c4ccccc4)C3)CC2)n1.Cl.Cl. The van der Waals surface area contributed by atoms with E-state index in [9.17, 15) is 4.79 Å². The summed E-state index contributed by atoms with van der Waals surface area (Å²) in [6.07, 6.45) is 1.83. The number of carbonyl (C=O) groups is 1. The third kappa shape index (κ3) is 5.23. The van der Waals surface area contributed by atoms with Crippen LogP contribution in [-0.2, 0) is 4.79 Å². The Balaban J connectivity index is 0.00000150. The molecule has 0 spiro atoms. The van der Waals surface area contributed by atoms with Crippen molar-refractivity contribution in [3.05, 3.63) is 47.0 Å². The van der Waals surface area contributed by atoms with Crippen LogP contribution in [0, 0.1) is 18.8 Å². The van der Waals surface area contributed by atoms with Crippen LogP contribution in [0.5, 0.6) is 0 Å². The van der Waals surface area contributed by atoms with E-state index >= 15 is 0 Å². The summed E-state index contributed by atoms with van der Waals surface area (Å²) >= 11 is 1.70. The van der Waals surface area contributed by atoms with Crippen LogP contribution in [0.2, 0.25) is 0 Å². The van der Waals surface area contributed by atoms with Gasteiger partial charge in [0.05, 0.1) is 5.69 Å². The van der Waals surface area contributed by atoms with E-state index in [-0.39, 0.29) is 30.7 Å². The predicted molar refractivity (Wildman–Crippen MR) is 125 cm³/mol. The molecule has 2 aliphatic heterocycles. The fourth-order valence-electron chi connectivity index (χ4n) is 4.43. The number of hydrogen-bond donors (Lipinski definition) is 1. The number of likely N-dealkylation sites (tertiary alicyclic amines) is 1. The lowest BCUT2D eigenvalue weighted by atomic mass is 9.89. The Hall–Kier alpha value is -1.34. The fraction of sp³-hybridized carbons (Fsp3) is 0.524. The summed E-state index contributed by atoms with van der Waals surface area (Å²) in [6, 6.07) is 10.5. The molecule has 160 valence electrons. The van der Waals surface area contributed by atoms with Crippen LogP contribution in [0.3, 0.4) is 0 Å². The normalized spacial score (nSPS) is 22.1. The Morgan fingerprint density at radius 3 is 2.45 bits per heavy atom. The maximum atomic E-state index is 13.1. The minimum atomic E-state index is 0. The van der Waals surface area contributed by atoms with E-state index in [2.05, 4.69) is 44.4 Å². The number of carbonyl (C=O) groups excluding carboxylic acids is 1. The number of benzene rings is 1. The molecule has 8 heteroatoms. The lowest BCUT2D eigenvalue weighted by molar-refractivity contribution is -0.135. The Labute approximate surface area is 189 Å². The molecule has 3 heterocycles. The summed E-state index contributed by atoms with van der Waals surface area (Å²) in [6.45, 7) is 6.09. The van der Waals surface area contributed by atoms with E-state index in [1.54, 1.807) is 11.3 Å². The molecule has 1 amide bonds. The molecule has 4 rings (SSSR count). The topological polar surface area (TPSA) is 62.5 Å². The predicted octanol–water partition coefficient (Wildman–Crippen LogP) is 3.71. The number of halogens is 2. The number of aromatic nitrogens is 1. The minimum Gasteiger partial charge on any atom is -0.348 e. The molecule has 0 bridgehead atoms. The highest BCUT2D eigenvalue weighted by Crippen LogP contribution is 2.34. The highest BCUT2D eigenvalue weighted by molar-refractivity contribution is 7.13. The minimum absolute atomic E-state index is 0. The van der Waals surface area contributed by atoms with Crippen molar-refractivity contribution in [3.63, 3.8) is 0 Å². The number of thiazole rings is 1. The van der Waals surface area contributed by atoms with Crippen molar-refractivity contribution in [3.8, 4) is 0 Å². The highest BCUT2D eigenvalue weighted by Gasteiger charge is 2.38. The first-order chi connectivity index (χ1) is 13.2. The van der Waals surface area contributed by atoms with Gasteiger partial charge in [-0.15, -0.1) is 36.2 Å². The van der Waals surface area contributed by atoms with Crippen molar-refractivity contribution < 1.29 is 4.79 Å². The van der Waals surface area contributed by atoms with Gasteiger partial charge in [-0.1, -0.05) is 30.3 Å². The Morgan fingerprint density at radius 1 is 1.17 bits per heavy atom. The third-order valence-corrected chi connectivity index (χ3v) is 7.02. The Kier molecular flexibility index (Phi) is 8.76. The second-order valence-corrected chi connectivity index (χ2v) is 8.63. The summed E-state index contributed by atoms with van der Waals surface area (Å²) in [5.41, 5.74) is 8.41. The molecule has 1 aromatic carbocycles. The van der Waals surface area contributed by atoms with Gasteiger partial charge in [0.25, 0.3) is 0 Å². The van der Waals surface area contributed by atoms with Gasteiger partial charge < -0.3 is 15.5 Å². The number of hydrogen-bond acceptors (Lipinski definition) is 5. The van der Waals surface area contributed by atoms with E-state index in [1.807, 2.05) is 13.0 Å². The summed E-state index contributed by atoms with van der Waals surface area (Å²) in [5, 5.41) is 3.18. The third-order valence-electron chi connectivity index (χ3n) is 6.00. The average molecular weight is 457 g/mol. The molecule has 2 fully saturated rings. The molecule has 5 nitrogen and oxygen atoms in total. The zero-order chi connectivity index (χ0) is 18.8. The molecular formula is C21H30Cl2N4OS. The van der Waals surface area contributed by atoms with Gasteiger partial charge in [-0.2, -0.15) is 0 Å². The maximum Gasteiger partial charge on any atom is 0.225 e. The average Bonchev–Trinajstić information content (AvgIpc) is 3.34. The van der Waals surface area contributed by atoms with Gasteiger partial charge in [0.15, 0.2) is 5.13 Å². The van der Waals surface area contributed by atoms with Crippen LogP contribution in [-0.4, -0.2) is 48.5 Å². The van der Waals surface area contributed by atoms with Gasteiger partial charge in [-0.3, -0.25) is 4.79 Å². The van der Waals surface area contributed by atoms with Crippen LogP contribution in [0.15, 0.2) is 35.7 Å². The van der Waals surface area contributed by atoms with Crippen molar-refractivity contribution in [2.45, 2.75) is 25.7 Å². The second kappa shape index (κ2) is 10.6. The molecule has 29 heavy (non-hydrogen) atoms. The summed E-state index contributed by atoms with van der Waals surface area (Å²) in [7, 11) is 0. The van der Waals surface area contributed by atoms with E-state index in [1.165, 1.54) is 5.56 Å². The first-order valence-electron chi connectivity index (χ1n) is 9.86. The Morgan fingerprint density at radius 2 is 1.86 bits per heavy atom. The van der Waals surface area contributed by atoms with Gasteiger partial charge >= 0.3 is 0 Å². The number of anilines is 1. The molecule has 2 saturated heterocycles. The highest BCUT2D eigenvalue weighted by atomic mass is 35.5. The van der Waals surface area contributed by atoms with Crippen LogP contribution < -0.4 is 10.6 Å². The van der Waals surface area contributed by atoms with Crippen molar-refractivity contribution >= 4 is 47.2 Å². The smallest absolute Gasteiger partial charge is 0.225 e. The zero-order valence-corrected chi connectivity index (χ0v) is 19.1. The molecule has 2 aliphatic rings. The van der Waals surface area contributed by atoms with E-state index in [0.29, 0.717) is 24.3 Å². The molecule has 0 unspecified atom stereocenters. The standard InChI is InChI=1S/C21H28N4OS.2ClH/c1-15-14-27-21(23-15)24-9-7-17(8-10-24)20(26)25-12-18(11-22)19(13-25)16-5-3-2-4-6-16;;/h2-6,14,17-19H,7-13,22H2,1H3;2*1H/t18-,19+;;/m1../s1. The molecule has 0 saturated carbocycles. The summed E-state index contributed by atoms with van der Waals surface area (Å²) in [5.74, 6) is 1.17. The molecular weight excluding hydrogens is 427 g/mol. The first kappa shape index (κ1) is 23.9. The van der Waals surface area contributed by atoms with E-state index in [4.69, 9.17) is 5.73 Å². The summed E-state index contributed by atoms with van der Waals surface area (Å²) < 4.78 is 0. The van der Waals surface area contributed by atoms with Gasteiger partial charge in [-0.25, -0.2) is 4.98 Å². The van der Waals surface area contributed by atoms with Gasteiger partial charge in [-0.05, 0) is 37.8 Å². The molecule has 0 radical (unpaired) electrons. The Bertz CT molecular complexity index is 780. The second-order valence-electron chi connectivity index (χ2n) is 7.79. The maximum absolute atomic E-state index is 13.1. The molecule has 1 aromatic heterocycles. The number of piperidine rings is 1. The van der Waals surface area contributed by atoms with Crippen LogP contribution in [0.25, 0.3) is 0 Å². The monoisotopic (exact) mass is 456 g/mol. The molecule has 0 aliphatic carbocycles. The quantitative estimate of drug-likeness (QED) is 0.761. The lowest BCUT2D eigenvalue weighted by Crippen LogP contribution is -2.42. The van der Waals surface area contributed by atoms with Gasteiger partial charge in [0, 0.05) is 43.4 Å². The van der Waals surface area contributed by atoms with E-state index in [0.717, 1.165) is 49.8 Å². The van der Waals surface area contributed by atoms with Crippen LogP contribution in [0.1, 0.15) is 30.0 Å². The largest absolute Gasteiger partial charge is 0.348 e. The van der Waals surface area contributed by atoms with Gasteiger partial charge in [0.1, 0.15) is 0 Å². The lowest BCUT2D eigenvalue weighted by Gasteiger charge is -2.33. The number of rotatable bonds is 4. The fourth-order valence-corrected chi connectivity index (χ4v) is 5.29. The first-order valence-corrected chi connectivity index (χ1v) is 10.7. The van der Waals surface area contributed by atoms with Crippen molar-refractivity contribution in [2.75, 3.05) is 37.6 Å². The molecule has 2 atom stereocenters. The zero-order valence-electron chi connectivity index (χ0n) is 16.7. The van der Waals surface area contributed by atoms with Crippen molar-refractivity contribution in [2.24, 2.45) is 17.6 Å². The van der Waals surface area contributed by atoms with E-state index < -0.39 is 0 Å². The summed E-state index contributed by atoms with van der Waals surface area (Å²) in [4.78, 5) is 22.1.